The average molecular weight is 293 g/mol. The van der Waals surface area contributed by atoms with Gasteiger partial charge in [-0.3, -0.25) is 0 Å². The van der Waals surface area contributed by atoms with Gasteiger partial charge in [-0.15, -0.1) is 0 Å². The summed E-state index contributed by atoms with van der Waals surface area (Å²) < 4.78 is 4.75. The van der Waals surface area contributed by atoms with E-state index in [0.717, 1.165) is 24.3 Å². The van der Waals surface area contributed by atoms with Crippen LogP contribution >= 0.6 is 11.6 Å². The SMILES string of the molecule is O=C(O)c1cc(-c2ccc(N3CCCC3)c(Cl)c2)no1. The number of hydrogen-bond acceptors (Lipinski definition) is 4. The zero-order chi connectivity index (χ0) is 14.1. The zero-order valence-corrected chi connectivity index (χ0v) is 11.4. The summed E-state index contributed by atoms with van der Waals surface area (Å²) in [5.74, 6) is -1.32. The molecule has 0 atom stereocenters. The van der Waals surface area contributed by atoms with E-state index < -0.39 is 5.97 Å². The van der Waals surface area contributed by atoms with Crippen molar-refractivity contribution in [3.63, 3.8) is 0 Å². The van der Waals surface area contributed by atoms with Gasteiger partial charge in [-0.2, -0.15) is 0 Å². The fourth-order valence-corrected chi connectivity index (χ4v) is 2.69. The first kappa shape index (κ1) is 13.0. The van der Waals surface area contributed by atoms with Crippen LogP contribution in [0.5, 0.6) is 0 Å². The summed E-state index contributed by atoms with van der Waals surface area (Å²) in [4.78, 5) is 13.0. The van der Waals surface area contributed by atoms with E-state index in [4.69, 9.17) is 21.2 Å². The molecular formula is C14H13ClN2O3. The third-order valence-corrected chi connectivity index (χ3v) is 3.71. The van der Waals surface area contributed by atoms with Gasteiger partial charge in [0.05, 0.1) is 10.7 Å². The lowest BCUT2D eigenvalue weighted by Gasteiger charge is -2.19. The summed E-state index contributed by atoms with van der Waals surface area (Å²) in [6.45, 7) is 2.04. The van der Waals surface area contributed by atoms with Gasteiger partial charge in [-0.25, -0.2) is 4.79 Å². The highest BCUT2D eigenvalue weighted by atomic mass is 35.5. The van der Waals surface area contributed by atoms with E-state index >= 15 is 0 Å². The minimum absolute atomic E-state index is 0.181. The molecule has 0 spiro atoms. The molecule has 5 nitrogen and oxygen atoms in total. The summed E-state index contributed by atoms with van der Waals surface area (Å²) in [6.07, 6.45) is 2.37. The second-order valence-corrected chi connectivity index (χ2v) is 5.15. The van der Waals surface area contributed by atoms with E-state index in [1.54, 1.807) is 6.07 Å². The van der Waals surface area contributed by atoms with Crippen LogP contribution < -0.4 is 4.90 Å². The molecule has 0 aliphatic carbocycles. The maximum absolute atomic E-state index is 10.8. The molecule has 1 fully saturated rings. The van der Waals surface area contributed by atoms with Crippen molar-refractivity contribution in [2.75, 3.05) is 18.0 Å². The van der Waals surface area contributed by atoms with E-state index in [0.29, 0.717) is 10.7 Å². The Morgan fingerprint density at radius 1 is 1.30 bits per heavy atom. The molecule has 1 saturated heterocycles. The molecule has 0 amide bonds. The van der Waals surface area contributed by atoms with Crippen LogP contribution in [-0.2, 0) is 0 Å². The second kappa shape index (κ2) is 5.17. The van der Waals surface area contributed by atoms with Crippen molar-refractivity contribution in [1.29, 1.82) is 0 Å². The minimum Gasteiger partial charge on any atom is -0.475 e. The van der Waals surface area contributed by atoms with Gasteiger partial charge in [0, 0.05) is 24.7 Å². The lowest BCUT2D eigenvalue weighted by Crippen LogP contribution is -2.17. The lowest BCUT2D eigenvalue weighted by atomic mass is 10.1. The number of nitrogens with zero attached hydrogens (tertiary/aromatic N) is 2. The van der Waals surface area contributed by atoms with Gasteiger partial charge in [0.25, 0.3) is 0 Å². The van der Waals surface area contributed by atoms with Gasteiger partial charge in [-0.05, 0) is 25.0 Å². The van der Waals surface area contributed by atoms with Crippen molar-refractivity contribution >= 4 is 23.3 Å². The van der Waals surface area contributed by atoms with Crippen molar-refractivity contribution < 1.29 is 14.4 Å². The Bertz CT molecular complexity index is 648. The van der Waals surface area contributed by atoms with Gasteiger partial charge in [0.15, 0.2) is 0 Å². The molecule has 2 heterocycles. The van der Waals surface area contributed by atoms with Gasteiger partial charge < -0.3 is 14.5 Å². The predicted molar refractivity (Wildman–Crippen MR) is 75.4 cm³/mol. The minimum atomic E-state index is -1.14. The molecule has 1 aromatic carbocycles. The van der Waals surface area contributed by atoms with Crippen LogP contribution in [0.1, 0.15) is 23.4 Å². The molecule has 1 aliphatic heterocycles. The highest BCUT2D eigenvalue weighted by Crippen LogP contribution is 2.32. The van der Waals surface area contributed by atoms with E-state index in [1.165, 1.54) is 18.9 Å². The first-order valence-electron chi connectivity index (χ1n) is 6.40. The highest BCUT2D eigenvalue weighted by molar-refractivity contribution is 6.33. The Balaban J connectivity index is 1.90. The summed E-state index contributed by atoms with van der Waals surface area (Å²) in [5, 5.41) is 13.2. The van der Waals surface area contributed by atoms with E-state index in [-0.39, 0.29) is 5.76 Å². The molecule has 1 aromatic heterocycles. The Hall–Kier alpha value is -2.01. The maximum atomic E-state index is 10.8. The molecule has 104 valence electrons. The zero-order valence-electron chi connectivity index (χ0n) is 10.7. The molecule has 6 heteroatoms. The number of halogens is 1. The topological polar surface area (TPSA) is 66.6 Å². The average Bonchev–Trinajstić information content (AvgIpc) is 3.10. The number of carboxylic acid groups (broad SMARTS) is 1. The molecule has 0 bridgehead atoms. The standard InChI is InChI=1S/C14H13ClN2O3/c15-10-7-9(11-8-13(14(18)19)20-16-11)3-4-12(10)17-5-1-2-6-17/h3-4,7-8H,1-2,5-6H2,(H,18,19). The van der Waals surface area contributed by atoms with Gasteiger partial charge in [-0.1, -0.05) is 22.8 Å². The van der Waals surface area contributed by atoms with E-state index in [2.05, 4.69) is 10.1 Å². The van der Waals surface area contributed by atoms with Gasteiger partial charge in [0.1, 0.15) is 5.69 Å². The molecule has 1 aliphatic rings. The third kappa shape index (κ3) is 2.36. The van der Waals surface area contributed by atoms with Gasteiger partial charge >= 0.3 is 5.97 Å². The number of aromatic nitrogens is 1. The van der Waals surface area contributed by atoms with Gasteiger partial charge in [0.2, 0.25) is 5.76 Å². The highest BCUT2D eigenvalue weighted by Gasteiger charge is 2.17. The largest absolute Gasteiger partial charge is 0.475 e. The first-order valence-corrected chi connectivity index (χ1v) is 6.78. The van der Waals surface area contributed by atoms with Crippen molar-refractivity contribution in [2.45, 2.75) is 12.8 Å². The number of carbonyl (C=O) groups is 1. The predicted octanol–water partition coefficient (Wildman–Crippen LogP) is 3.29. The van der Waals surface area contributed by atoms with Crippen LogP contribution in [-0.4, -0.2) is 29.3 Å². The molecule has 0 radical (unpaired) electrons. The number of anilines is 1. The van der Waals surface area contributed by atoms with Crippen LogP contribution in [0.4, 0.5) is 5.69 Å². The van der Waals surface area contributed by atoms with Crippen LogP contribution in [0.15, 0.2) is 28.8 Å². The van der Waals surface area contributed by atoms with Crippen molar-refractivity contribution in [1.82, 2.24) is 5.16 Å². The van der Waals surface area contributed by atoms with Crippen molar-refractivity contribution in [3.05, 3.63) is 35.0 Å². The molecular weight excluding hydrogens is 280 g/mol. The fraction of sp³-hybridized carbons (Fsp3) is 0.286. The number of rotatable bonds is 3. The molecule has 2 aromatic rings. The monoisotopic (exact) mass is 292 g/mol. The van der Waals surface area contributed by atoms with E-state index in [1.807, 2.05) is 12.1 Å². The lowest BCUT2D eigenvalue weighted by molar-refractivity contribution is 0.0652. The summed E-state index contributed by atoms with van der Waals surface area (Å²) >= 11 is 6.31. The normalized spacial score (nSPS) is 14.8. The first-order chi connectivity index (χ1) is 9.65. The maximum Gasteiger partial charge on any atom is 0.374 e. The quantitative estimate of drug-likeness (QED) is 0.940. The number of benzene rings is 1. The van der Waals surface area contributed by atoms with Crippen LogP contribution in [0.2, 0.25) is 5.02 Å². The summed E-state index contributed by atoms with van der Waals surface area (Å²) in [5.41, 5.74) is 2.22. The molecule has 20 heavy (non-hydrogen) atoms. The smallest absolute Gasteiger partial charge is 0.374 e. The summed E-state index contributed by atoms with van der Waals surface area (Å²) in [7, 11) is 0. The Morgan fingerprint density at radius 3 is 2.65 bits per heavy atom. The Kier molecular flexibility index (Phi) is 3.36. The molecule has 0 unspecified atom stereocenters. The number of carboxylic acids is 1. The Morgan fingerprint density at radius 2 is 2.05 bits per heavy atom. The molecule has 1 N–H and O–H groups in total. The fourth-order valence-electron chi connectivity index (χ4n) is 2.39. The van der Waals surface area contributed by atoms with Crippen molar-refractivity contribution in [3.8, 4) is 11.3 Å². The number of hydrogen-bond donors (Lipinski definition) is 1. The third-order valence-electron chi connectivity index (χ3n) is 3.41. The summed E-state index contributed by atoms with van der Waals surface area (Å²) in [6, 6.07) is 7.00. The molecule has 0 saturated carbocycles. The van der Waals surface area contributed by atoms with Crippen LogP contribution in [0.25, 0.3) is 11.3 Å². The van der Waals surface area contributed by atoms with Crippen molar-refractivity contribution in [2.24, 2.45) is 0 Å². The van der Waals surface area contributed by atoms with Crippen LogP contribution in [0, 0.1) is 0 Å². The Labute approximate surface area is 120 Å². The second-order valence-electron chi connectivity index (χ2n) is 4.74. The van der Waals surface area contributed by atoms with E-state index in [9.17, 15) is 4.79 Å². The number of aromatic carboxylic acids is 1. The molecule has 3 rings (SSSR count). The van der Waals surface area contributed by atoms with Crippen LogP contribution in [0.3, 0.4) is 0 Å².